The number of hydrogen-bond acceptors (Lipinski definition) is 3. The summed E-state index contributed by atoms with van der Waals surface area (Å²) in [6.07, 6.45) is 4.11. The molecule has 4 nitrogen and oxygen atoms in total. The van der Waals surface area contributed by atoms with Gasteiger partial charge in [-0.15, -0.1) is 0 Å². The van der Waals surface area contributed by atoms with Crippen LogP contribution in [0.25, 0.3) is 0 Å². The molecule has 1 unspecified atom stereocenters. The van der Waals surface area contributed by atoms with Gasteiger partial charge in [0.1, 0.15) is 4.90 Å². The van der Waals surface area contributed by atoms with Gasteiger partial charge in [-0.1, -0.05) is 35.7 Å². The molecule has 1 saturated carbocycles. The molecule has 0 bridgehead atoms. The van der Waals surface area contributed by atoms with E-state index >= 15 is 0 Å². The second-order valence-corrected chi connectivity index (χ2v) is 8.63. The lowest BCUT2D eigenvalue weighted by Crippen LogP contribution is -2.35. The van der Waals surface area contributed by atoms with Crippen molar-refractivity contribution >= 4 is 47.6 Å². The van der Waals surface area contributed by atoms with Gasteiger partial charge in [-0.25, -0.2) is 13.1 Å². The minimum Gasteiger partial charge on any atom is -0.398 e. The lowest BCUT2D eigenvalue weighted by atomic mass is 10.1. The molecule has 112 valence electrons. The van der Waals surface area contributed by atoms with E-state index in [-0.39, 0.29) is 16.6 Å². The third kappa shape index (κ3) is 3.96. The molecule has 0 saturated heterocycles. The monoisotopic (exact) mass is 424 g/mol. The fraction of sp³-hybridized carbons (Fsp3) is 0.538. The van der Waals surface area contributed by atoms with Gasteiger partial charge in [0, 0.05) is 15.0 Å². The van der Waals surface area contributed by atoms with Gasteiger partial charge < -0.3 is 5.73 Å². The standard InChI is InChI=1S/C13H18Br2N2O2S/c1-2-10(5-8-3-4-8)17-20(18,19)13-11(15)6-9(14)7-12(13)16/h6-8,10,17H,2-5,16H2,1H3. The predicted octanol–water partition coefficient (Wildman–Crippen LogP) is 3.65. The van der Waals surface area contributed by atoms with Gasteiger partial charge in [0.05, 0.1) is 5.69 Å². The molecule has 1 aliphatic carbocycles. The summed E-state index contributed by atoms with van der Waals surface area (Å²) in [6.45, 7) is 2.00. The summed E-state index contributed by atoms with van der Waals surface area (Å²) in [5.74, 6) is 0.674. The molecular weight excluding hydrogens is 408 g/mol. The van der Waals surface area contributed by atoms with Crippen LogP contribution >= 0.6 is 31.9 Å². The Hall–Kier alpha value is -0.110. The summed E-state index contributed by atoms with van der Waals surface area (Å²) < 4.78 is 29.0. The Morgan fingerprint density at radius 1 is 1.40 bits per heavy atom. The van der Waals surface area contributed by atoms with Crippen molar-refractivity contribution in [2.24, 2.45) is 5.92 Å². The summed E-state index contributed by atoms with van der Waals surface area (Å²) in [5, 5.41) is 0. The zero-order chi connectivity index (χ0) is 14.9. The second kappa shape index (κ2) is 6.34. The van der Waals surface area contributed by atoms with Crippen LogP contribution in [0.1, 0.15) is 32.6 Å². The molecule has 3 N–H and O–H groups in total. The summed E-state index contributed by atoms with van der Waals surface area (Å²) >= 11 is 6.57. The molecule has 1 aromatic carbocycles. The molecule has 7 heteroatoms. The minimum atomic E-state index is -3.61. The van der Waals surface area contributed by atoms with Gasteiger partial charge in [0.25, 0.3) is 0 Å². The normalized spacial score (nSPS) is 17.1. The van der Waals surface area contributed by atoms with Crippen molar-refractivity contribution < 1.29 is 8.42 Å². The van der Waals surface area contributed by atoms with Crippen molar-refractivity contribution in [1.29, 1.82) is 0 Å². The average Bonchev–Trinajstić information content (AvgIpc) is 3.09. The first kappa shape index (κ1) is 16.3. The molecule has 1 fully saturated rings. The highest BCUT2D eigenvalue weighted by atomic mass is 79.9. The number of benzene rings is 1. The number of rotatable bonds is 6. The van der Waals surface area contributed by atoms with Gasteiger partial charge in [0.2, 0.25) is 10.0 Å². The number of sulfonamides is 1. The van der Waals surface area contributed by atoms with E-state index < -0.39 is 10.0 Å². The highest BCUT2D eigenvalue weighted by Gasteiger charge is 2.29. The van der Waals surface area contributed by atoms with Crippen molar-refractivity contribution in [3.63, 3.8) is 0 Å². The maximum atomic E-state index is 12.5. The van der Waals surface area contributed by atoms with Crippen LogP contribution in [-0.4, -0.2) is 14.5 Å². The Morgan fingerprint density at radius 3 is 2.55 bits per heavy atom. The zero-order valence-corrected chi connectivity index (χ0v) is 15.2. The van der Waals surface area contributed by atoms with Gasteiger partial charge in [-0.2, -0.15) is 0 Å². The Labute approximate surface area is 136 Å². The van der Waals surface area contributed by atoms with Crippen molar-refractivity contribution in [2.45, 2.75) is 43.5 Å². The molecular formula is C13H18Br2N2O2S. The molecule has 0 aliphatic heterocycles. The summed E-state index contributed by atoms with van der Waals surface area (Å²) in [5.41, 5.74) is 6.10. The maximum Gasteiger partial charge on any atom is 0.243 e. The fourth-order valence-corrected chi connectivity index (χ4v) is 5.60. The summed E-state index contributed by atoms with van der Waals surface area (Å²) in [4.78, 5) is 0.120. The average molecular weight is 426 g/mol. The van der Waals surface area contributed by atoms with Crippen LogP contribution in [-0.2, 0) is 10.0 Å². The van der Waals surface area contributed by atoms with E-state index in [9.17, 15) is 8.42 Å². The van der Waals surface area contributed by atoms with Crippen molar-refractivity contribution in [2.75, 3.05) is 5.73 Å². The third-order valence-electron chi connectivity index (χ3n) is 3.44. The molecule has 1 aliphatic rings. The highest BCUT2D eigenvalue weighted by molar-refractivity contribution is 9.11. The van der Waals surface area contributed by atoms with Gasteiger partial charge >= 0.3 is 0 Å². The van der Waals surface area contributed by atoms with E-state index in [0.29, 0.717) is 10.4 Å². The number of hydrogen-bond donors (Lipinski definition) is 2. The predicted molar refractivity (Wildman–Crippen MR) is 88.0 cm³/mol. The first-order valence-corrected chi connectivity index (χ1v) is 9.67. The molecule has 0 spiro atoms. The highest BCUT2D eigenvalue weighted by Crippen LogP contribution is 2.35. The van der Waals surface area contributed by atoms with E-state index in [4.69, 9.17) is 5.73 Å². The van der Waals surface area contributed by atoms with E-state index in [1.54, 1.807) is 12.1 Å². The molecule has 0 aromatic heterocycles. The minimum absolute atomic E-state index is 0.0255. The lowest BCUT2D eigenvalue weighted by Gasteiger charge is -2.18. The molecule has 1 aromatic rings. The van der Waals surface area contributed by atoms with Crippen LogP contribution in [0, 0.1) is 5.92 Å². The van der Waals surface area contributed by atoms with Crippen LogP contribution in [0.3, 0.4) is 0 Å². The fourth-order valence-electron chi connectivity index (χ4n) is 2.20. The SMILES string of the molecule is CCC(CC1CC1)NS(=O)(=O)c1c(N)cc(Br)cc1Br. The molecule has 0 amide bonds. The van der Waals surface area contributed by atoms with Crippen molar-refractivity contribution in [3.05, 3.63) is 21.1 Å². The van der Waals surface area contributed by atoms with E-state index in [1.165, 1.54) is 12.8 Å². The number of anilines is 1. The number of nitrogens with one attached hydrogen (secondary N) is 1. The third-order valence-corrected chi connectivity index (χ3v) is 6.42. The number of halogens is 2. The largest absolute Gasteiger partial charge is 0.398 e. The Bertz CT molecular complexity index is 577. The molecule has 0 radical (unpaired) electrons. The van der Waals surface area contributed by atoms with Crippen LogP contribution in [0.2, 0.25) is 0 Å². The molecule has 0 heterocycles. The lowest BCUT2D eigenvalue weighted by molar-refractivity contribution is 0.495. The maximum absolute atomic E-state index is 12.5. The van der Waals surface area contributed by atoms with E-state index in [0.717, 1.165) is 17.3 Å². The van der Waals surface area contributed by atoms with Crippen LogP contribution in [0.5, 0.6) is 0 Å². The van der Waals surface area contributed by atoms with Crippen LogP contribution in [0.4, 0.5) is 5.69 Å². The number of nitrogens with two attached hydrogens (primary N) is 1. The first-order chi connectivity index (χ1) is 9.33. The molecule has 2 rings (SSSR count). The quantitative estimate of drug-likeness (QED) is 0.683. The molecule has 1 atom stereocenters. The van der Waals surface area contributed by atoms with Gasteiger partial charge in [-0.05, 0) is 46.8 Å². The smallest absolute Gasteiger partial charge is 0.243 e. The zero-order valence-electron chi connectivity index (χ0n) is 11.2. The Morgan fingerprint density at radius 2 is 2.05 bits per heavy atom. The Balaban J connectivity index is 2.25. The van der Waals surface area contributed by atoms with Gasteiger partial charge in [-0.3, -0.25) is 0 Å². The van der Waals surface area contributed by atoms with Crippen molar-refractivity contribution in [1.82, 2.24) is 4.72 Å². The van der Waals surface area contributed by atoms with Gasteiger partial charge in [0.15, 0.2) is 0 Å². The topological polar surface area (TPSA) is 72.2 Å². The van der Waals surface area contributed by atoms with E-state index in [2.05, 4.69) is 36.6 Å². The first-order valence-electron chi connectivity index (χ1n) is 6.60. The number of nitrogen functional groups attached to an aromatic ring is 1. The second-order valence-electron chi connectivity index (χ2n) is 5.21. The van der Waals surface area contributed by atoms with Crippen LogP contribution in [0.15, 0.2) is 26.0 Å². The summed E-state index contributed by atoms with van der Waals surface area (Å²) in [7, 11) is -3.61. The molecule has 20 heavy (non-hydrogen) atoms. The van der Waals surface area contributed by atoms with Crippen molar-refractivity contribution in [3.8, 4) is 0 Å². The van der Waals surface area contributed by atoms with Crippen LogP contribution < -0.4 is 10.5 Å². The van der Waals surface area contributed by atoms with E-state index in [1.807, 2.05) is 6.92 Å². The summed E-state index contributed by atoms with van der Waals surface area (Å²) in [6, 6.07) is 3.26. The Kier molecular flexibility index (Phi) is 5.15.